The second kappa shape index (κ2) is 6.44. The van der Waals surface area contributed by atoms with E-state index in [2.05, 4.69) is 29.3 Å². The van der Waals surface area contributed by atoms with Gasteiger partial charge in [0.15, 0.2) is 0 Å². The molecule has 0 amide bonds. The van der Waals surface area contributed by atoms with Gasteiger partial charge in [-0.3, -0.25) is 0 Å². The molecule has 0 aromatic carbocycles. The number of anilines is 1. The van der Waals surface area contributed by atoms with Crippen molar-refractivity contribution >= 4 is 5.82 Å². The molecule has 1 aliphatic carbocycles. The van der Waals surface area contributed by atoms with Crippen molar-refractivity contribution in [2.75, 3.05) is 24.5 Å². The molecule has 1 aromatic rings. The number of likely N-dealkylation sites (N-methyl/N-ethyl adjacent to an activating group) is 1. The third kappa shape index (κ3) is 3.03. The maximum atomic E-state index is 9.49. The summed E-state index contributed by atoms with van der Waals surface area (Å²) >= 11 is 0. The summed E-state index contributed by atoms with van der Waals surface area (Å²) in [7, 11) is 0. The van der Waals surface area contributed by atoms with Gasteiger partial charge in [0.2, 0.25) is 0 Å². The zero-order valence-electron chi connectivity index (χ0n) is 12.9. The molecule has 1 aromatic heterocycles. The molecule has 1 atom stereocenters. The minimum Gasteiger partial charge on any atom is -0.354 e. The van der Waals surface area contributed by atoms with Crippen LogP contribution < -0.4 is 10.2 Å². The van der Waals surface area contributed by atoms with Crippen molar-refractivity contribution in [2.24, 2.45) is 0 Å². The second-order valence-corrected chi connectivity index (χ2v) is 6.12. The summed E-state index contributed by atoms with van der Waals surface area (Å²) in [4.78, 5) is 7.15. The molecular weight excluding hydrogens is 260 g/mol. The Kier molecular flexibility index (Phi) is 4.40. The number of fused-ring (bicyclic) bond motifs is 1. The van der Waals surface area contributed by atoms with Crippen LogP contribution in [-0.4, -0.2) is 30.7 Å². The molecule has 112 valence electrons. The van der Waals surface area contributed by atoms with Crippen molar-refractivity contribution < 1.29 is 0 Å². The molecule has 1 N–H and O–H groups in total. The Labute approximate surface area is 127 Å². The van der Waals surface area contributed by atoms with Gasteiger partial charge >= 0.3 is 0 Å². The van der Waals surface area contributed by atoms with Gasteiger partial charge < -0.3 is 10.2 Å². The molecule has 1 saturated heterocycles. The molecule has 3 rings (SSSR count). The van der Waals surface area contributed by atoms with Crippen LogP contribution in [-0.2, 0) is 12.8 Å². The van der Waals surface area contributed by atoms with Crippen molar-refractivity contribution in [3.05, 3.63) is 22.9 Å². The highest BCUT2D eigenvalue weighted by atomic mass is 15.2. The third-order valence-electron chi connectivity index (χ3n) is 4.69. The van der Waals surface area contributed by atoms with Gasteiger partial charge in [0, 0.05) is 24.8 Å². The molecule has 2 heterocycles. The number of hydrogen-bond donors (Lipinski definition) is 1. The highest BCUT2D eigenvalue weighted by Crippen LogP contribution is 2.27. The fraction of sp³-hybridized carbons (Fsp3) is 0.647. The largest absolute Gasteiger partial charge is 0.354 e. The van der Waals surface area contributed by atoms with Crippen molar-refractivity contribution in [3.8, 4) is 6.07 Å². The summed E-state index contributed by atoms with van der Waals surface area (Å²) in [6.45, 7) is 5.12. The number of hydrogen-bond acceptors (Lipinski definition) is 4. The van der Waals surface area contributed by atoms with E-state index in [9.17, 15) is 5.26 Å². The predicted molar refractivity (Wildman–Crippen MR) is 84.5 cm³/mol. The Morgan fingerprint density at radius 3 is 2.95 bits per heavy atom. The average Bonchev–Trinajstić information content (AvgIpc) is 3.04. The molecule has 4 nitrogen and oxygen atoms in total. The first-order chi connectivity index (χ1) is 10.3. The summed E-state index contributed by atoms with van der Waals surface area (Å²) < 4.78 is 0. The lowest BCUT2D eigenvalue weighted by Gasteiger charge is -2.28. The van der Waals surface area contributed by atoms with E-state index in [4.69, 9.17) is 4.98 Å². The summed E-state index contributed by atoms with van der Waals surface area (Å²) in [5, 5.41) is 13.0. The van der Waals surface area contributed by atoms with Gasteiger partial charge in [-0.2, -0.15) is 5.26 Å². The Balaban J connectivity index is 1.89. The van der Waals surface area contributed by atoms with Gasteiger partial charge in [-0.05, 0) is 63.6 Å². The fourth-order valence-electron chi connectivity index (χ4n) is 3.49. The first-order valence-electron chi connectivity index (χ1n) is 8.23. The van der Waals surface area contributed by atoms with E-state index < -0.39 is 0 Å². The van der Waals surface area contributed by atoms with Crippen LogP contribution >= 0.6 is 0 Å². The van der Waals surface area contributed by atoms with Crippen LogP contribution in [0.4, 0.5) is 5.82 Å². The predicted octanol–water partition coefficient (Wildman–Crippen LogP) is 2.41. The van der Waals surface area contributed by atoms with Crippen LogP contribution in [0.3, 0.4) is 0 Å². The SMILES string of the molecule is CCN(CC1CCCN1)c1nc2c(cc1C#N)CCCC2. The van der Waals surface area contributed by atoms with E-state index >= 15 is 0 Å². The molecule has 0 bridgehead atoms. The van der Waals surface area contributed by atoms with Gasteiger partial charge in [-0.1, -0.05) is 0 Å². The van der Waals surface area contributed by atoms with Gasteiger partial charge in [-0.25, -0.2) is 4.98 Å². The highest BCUT2D eigenvalue weighted by molar-refractivity contribution is 5.56. The minimum absolute atomic E-state index is 0.536. The van der Waals surface area contributed by atoms with Crippen molar-refractivity contribution in [1.29, 1.82) is 5.26 Å². The standard InChI is InChI=1S/C17H24N4/c1-2-21(12-15-7-5-9-19-15)17-14(11-18)10-13-6-3-4-8-16(13)20-17/h10,15,19H,2-9,12H2,1H3. The van der Waals surface area contributed by atoms with Gasteiger partial charge in [-0.15, -0.1) is 0 Å². The van der Waals surface area contributed by atoms with Crippen LogP contribution in [0.25, 0.3) is 0 Å². The normalized spacial score (nSPS) is 20.9. The molecule has 2 aliphatic rings. The lowest BCUT2D eigenvalue weighted by Crippen LogP contribution is -2.38. The van der Waals surface area contributed by atoms with Gasteiger partial charge in [0.25, 0.3) is 0 Å². The molecule has 0 radical (unpaired) electrons. The zero-order valence-corrected chi connectivity index (χ0v) is 12.9. The summed E-state index contributed by atoms with van der Waals surface area (Å²) in [5.74, 6) is 0.898. The number of aromatic nitrogens is 1. The smallest absolute Gasteiger partial charge is 0.146 e. The van der Waals surface area contributed by atoms with E-state index in [1.54, 1.807) is 0 Å². The Hall–Kier alpha value is -1.60. The van der Waals surface area contributed by atoms with Crippen molar-refractivity contribution in [3.63, 3.8) is 0 Å². The van der Waals surface area contributed by atoms with E-state index in [1.807, 2.05) is 0 Å². The van der Waals surface area contributed by atoms with Crippen LogP contribution in [0.5, 0.6) is 0 Å². The number of nitrogens with zero attached hydrogens (tertiary/aromatic N) is 3. The Bertz CT molecular complexity index is 540. The van der Waals surface area contributed by atoms with E-state index in [-0.39, 0.29) is 0 Å². The Morgan fingerprint density at radius 1 is 1.38 bits per heavy atom. The first kappa shape index (κ1) is 14.3. The van der Waals surface area contributed by atoms with E-state index in [0.29, 0.717) is 6.04 Å². The number of rotatable bonds is 4. The molecule has 0 spiro atoms. The average molecular weight is 284 g/mol. The summed E-state index contributed by atoms with van der Waals surface area (Å²) in [5.41, 5.74) is 3.25. The Morgan fingerprint density at radius 2 is 2.24 bits per heavy atom. The van der Waals surface area contributed by atoms with E-state index in [1.165, 1.54) is 36.9 Å². The molecule has 4 heteroatoms. The molecule has 1 aliphatic heterocycles. The van der Waals surface area contributed by atoms with Crippen LogP contribution in [0, 0.1) is 11.3 Å². The molecule has 0 saturated carbocycles. The van der Waals surface area contributed by atoms with E-state index in [0.717, 1.165) is 43.9 Å². The minimum atomic E-state index is 0.536. The lowest BCUT2D eigenvalue weighted by molar-refractivity contribution is 0.581. The van der Waals surface area contributed by atoms with Gasteiger partial charge in [0.1, 0.15) is 11.9 Å². The first-order valence-corrected chi connectivity index (χ1v) is 8.23. The maximum Gasteiger partial charge on any atom is 0.146 e. The number of aryl methyl sites for hydroxylation is 2. The molecular formula is C17H24N4. The number of nitrogens with one attached hydrogen (secondary N) is 1. The molecule has 1 fully saturated rings. The van der Waals surface area contributed by atoms with Crippen molar-refractivity contribution in [2.45, 2.75) is 51.5 Å². The van der Waals surface area contributed by atoms with Crippen LogP contribution in [0.1, 0.15) is 49.4 Å². The van der Waals surface area contributed by atoms with Gasteiger partial charge in [0.05, 0.1) is 5.56 Å². The zero-order chi connectivity index (χ0) is 14.7. The maximum absolute atomic E-state index is 9.49. The summed E-state index contributed by atoms with van der Waals surface area (Å²) in [6, 6.07) is 4.98. The highest BCUT2D eigenvalue weighted by Gasteiger charge is 2.22. The van der Waals surface area contributed by atoms with Crippen LogP contribution in [0.2, 0.25) is 0 Å². The number of nitriles is 1. The molecule has 1 unspecified atom stereocenters. The third-order valence-corrected chi connectivity index (χ3v) is 4.69. The quantitative estimate of drug-likeness (QED) is 0.922. The molecule has 21 heavy (non-hydrogen) atoms. The number of pyridine rings is 1. The fourth-order valence-corrected chi connectivity index (χ4v) is 3.49. The topological polar surface area (TPSA) is 52.0 Å². The monoisotopic (exact) mass is 284 g/mol. The summed E-state index contributed by atoms with van der Waals surface area (Å²) in [6.07, 6.45) is 7.07. The van der Waals surface area contributed by atoms with Crippen LogP contribution in [0.15, 0.2) is 6.07 Å². The van der Waals surface area contributed by atoms with Crippen molar-refractivity contribution in [1.82, 2.24) is 10.3 Å². The lowest BCUT2D eigenvalue weighted by atomic mass is 9.95. The second-order valence-electron chi connectivity index (χ2n) is 6.12.